The number of hydrogen-bond donors (Lipinski definition) is 2. The summed E-state index contributed by atoms with van der Waals surface area (Å²) < 4.78 is 7.05. The summed E-state index contributed by atoms with van der Waals surface area (Å²) in [4.78, 5) is 9.29. The molecule has 2 aromatic carbocycles. The molecule has 1 aliphatic carbocycles. The lowest BCUT2D eigenvalue weighted by Gasteiger charge is -2.34. The molecule has 0 aliphatic heterocycles. The van der Waals surface area contributed by atoms with Gasteiger partial charge in [-0.15, -0.1) is 5.10 Å². The average Bonchev–Trinajstić information content (AvgIpc) is 3.12. The van der Waals surface area contributed by atoms with Crippen LogP contribution in [0.15, 0.2) is 42.5 Å². The van der Waals surface area contributed by atoms with E-state index in [-0.39, 0.29) is 0 Å². The number of nitrogens with two attached hydrogens (primary N) is 1. The van der Waals surface area contributed by atoms with Crippen LogP contribution in [0.5, 0.6) is 5.75 Å². The summed E-state index contributed by atoms with van der Waals surface area (Å²) in [6.07, 6.45) is 1.99. The van der Waals surface area contributed by atoms with Crippen LogP contribution < -0.4 is 10.5 Å². The average molecular weight is 403 g/mol. The first-order valence-corrected chi connectivity index (χ1v) is 10.2. The Morgan fingerprint density at radius 2 is 1.80 bits per heavy atom. The molecule has 1 saturated carbocycles. The van der Waals surface area contributed by atoms with E-state index in [4.69, 9.17) is 15.5 Å². The van der Waals surface area contributed by atoms with E-state index in [1.165, 1.54) is 5.56 Å². The Kier molecular flexibility index (Phi) is 4.18. The van der Waals surface area contributed by atoms with Crippen LogP contribution >= 0.6 is 0 Å². The summed E-state index contributed by atoms with van der Waals surface area (Å²) >= 11 is 0. The van der Waals surface area contributed by atoms with Crippen LogP contribution in [-0.2, 0) is 5.60 Å². The quantitative estimate of drug-likeness (QED) is 0.538. The Morgan fingerprint density at radius 3 is 2.47 bits per heavy atom. The van der Waals surface area contributed by atoms with Crippen molar-refractivity contribution in [2.24, 2.45) is 0 Å². The zero-order valence-corrected chi connectivity index (χ0v) is 17.3. The number of nitrogen functional groups attached to an aromatic ring is 1. The van der Waals surface area contributed by atoms with E-state index >= 15 is 0 Å². The van der Waals surface area contributed by atoms with Gasteiger partial charge in [-0.3, -0.25) is 0 Å². The number of anilines is 1. The standard InChI is InChI=1S/C23H25N5O2/c1-23(2,29)16-9-7-13(8-10-16)14-11-15(12-14)20-26-21-17-5-4-6-18(30-3)19(17)25-22(24)28(21)27-20/h4-10,14-15,29H,11-12H2,1-3H3,(H2,24,25)/t14-,15-. The van der Waals surface area contributed by atoms with Crippen LogP contribution in [-0.4, -0.2) is 31.8 Å². The number of aliphatic hydroxyl groups is 1. The summed E-state index contributed by atoms with van der Waals surface area (Å²) in [5.41, 5.74) is 8.97. The molecule has 2 heterocycles. The molecule has 0 unspecified atom stereocenters. The van der Waals surface area contributed by atoms with Crippen LogP contribution in [0.4, 0.5) is 5.95 Å². The van der Waals surface area contributed by atoms with Gasteiger partial charge < -0.3 is 15.6 Å². The molecule has 0 bridgehead atoms. The first-order valence-electron chi connectivity index (χ1n) is 10.2. The maximum absolute atomic E-state index is 10.1. The van der Waals surface area contributed by atoms with Crippen LogP contribution in [0.25, 0.3) is 16.6 Å². The molecule has 0 amide bonds. The number of aromatic nitrogens is 4. The van der Waals surface area contributed by atoms with Crippen molar-refractivity contribution >= 4 is 22.5 Å². The Labute approximate surface area is 174 Å². The molecule has 7 heteroatoms. The maximum Gasteiger partial charge on any atom is 0.223 e. The van der Waals surface area contributed by atoms with Gasteiger partial charge in [0.15, 0.2) is 11.5 Å². The Balaban J connectivity index is 1.42. The van der Waals surface area contributed by atoms with E-state index in [0.717, 1.165) is 29.6 Å². The normalized spacial score (nSPS) is 19.2. The number of para-hydroxylation sites is 1. The summed E-state index contributed by atoms with van der Waals surface area (Å²) in [6, 6.07) is 14.0. The van der Waals surface area contributed by atoms with Gasteiger partial charge >= 0.3 is 0 Å². The van der Waals surface area contributed by atoms with Gasteiger partial charge in [0.05, 0.1) is 12.7 Å². The lowest BCUT2D eigenvalue weighted by Crippen LogP contribution is -2.22. The molecule has 4 aromatic rings. The highest BCUT2D eigenvalue weighted by Gasteiger charge is 2.34. The van der Waals surface area contributed by atoms with Gasteiger partial charge in [-0.25, -0.2) is 9.97 Å². The maximum atomic E-state index is 10.1. The van der Waals surface area contributed by atoms with Gasteiger partial charge in [-0.1, -0.05) is 30.3 Å². The van der Waals surface area contributed by atoms with E-state index in [1.807, 2.05) is 30.3 Å². The van der Waals surface area contributed by atoms with Gasteiger partial charge in [0.2, 0.25) is 5.95 Å². The monoisotopic (exact) mass is 403 g/mol. The largest absolute Gasteiger partial charge is 0.494 e. The molecular formula is C23H25N5O2. The van der Waals surface area contributed by atoms with Gasteiger partial charge in [-0.2, -0.15) is 4.52 Å². The highest BCUT2D eigenvalue weighted by atomic mass is 16.5. The molecule has 1 fully saturated rings. The number of benzene rings is 2. The third kappa shape index (κ3) is 2.97. The molecule has 154 valence electrons. The molecular weight excluding hydrogens is 378 g/mol. The summed E-state index contributed by atoms with van der Waals surface area (Å²) in [6.45, 7) is 3.60. The molecule has 1 aliphatic rings. The molecule has 5 rings (SSSR count). The minimum Gasteiger partial charge on any atom is -0.494 e. The third-order valence-corrected chi connectivity index (χ3v) is 6.12. The van der Waals surface area contributed by atoms with Crippen molar-refractivity contribution in [1.82, 2.24) is 19.6 Å². The molecule has 7 nitrogen and oxygen atoms in total. The van der Waals surface area contributed by atoms with Crippen LogP contribution in [0, 0.1) is 0 Å². The summed E-state index contributed by atoms with van der Waals surface area (Å²) in [5.74, 6) is 2.56. The second-order valence-electron chi connectivity index (χ2n) is 8.58. The molecule has 0 saturated heterocycles. The number of nitrogens with zero attached hydrogens (tertiary/aromatic N) is 4. The van der Waals surface area contributed by atoms with Crippen LogP contribution in [0.1, 0.15) is 55.5 Å². The van der Waals surface area contributed by atoms with Gasteiger partial charge in [0, 0.05) is 11.3 Å². The minimum absolute atomic E-state index is 0.295. The fraction of sp³-hybridized carbons (Fsp3) is 0.348. The highest BCUT2D eigenvalue weighted by Crippen LogP contribution is 2.47. The van der Waals surface area contributed by atoms with Gasteiger partial charge in [0.25, 0.3) is 0 Å². The van der Waals surface area contributed by atoms with Crippen molar-refractivity contribution in [2.45, 2.75) is 44.1 Å². The molecule has 30 heavy (non-hydrogen) atoms. The van der Waals surface area contributed by atoms with E-state index in [0.29, 0.717) is 34.7 Å². The summed E-state index contributed by atoms with van der Waals surface area (Å²) in [5, 5.41) is 15.7. The second-order valence-corrected chi connectivity index (χ2v) is 8.58. The highest BCUT2D eigenvalue weighted by molar-refractivity contribution is 5.95. The molecule has 0 radical (unpaired) electrons. The van der Waals surface area contributed by atoms with Crippen LogP contribution in [0.2, 0.25) is 0 Å². The molecule has 0 spiro atoms. The van der Waals surface area contributed by atoms with Crippen molar-refractivity contribution in [1.29, 1.82) is 0 Å². The number of hydrogen-bond acceptors (Lipinski definition) is 6. The Hall–Kier alpha value is -3.19. The smallest absolute Gasteiger partial charge is 0.223 e. The number of rotatable bonds is 4. The van der Waals surface area contributed by atoms with Crippen molar-refractivity contribution in [3.63, 3.8) is 0 Å². The molecule has 0 atom stereocenters. The number of fused-ring (bicyclic) bond motifs is 3. The van der Waals surface area contributed by atoms with E-state index in [9.17, 15) is 5.11 Å². The lowest BCUT2D eigenvalue weighted by molar-refractivity contribution is 0.0785. The predicted octanol–water partition coefficient (Wildman–Crippen LogP) is 3.76. The minimum atomic E-state index is -0.819. The van der Waals surface area contributed by atoms with Gasteiger partial charge in [0.1, 0.15) is 11.3 Å². The van der Waals surface area contributed by atoms with Crippen molar-refractivity contribution in [2.75, 3.05) is 12.8 Å². The predicted molar refractivity (Wildman–Crippen MR) is 116 cm³/mol. The van der Waals surface area contributed by atoms with E-state index < -0.39 is 5.60 Å². The number of methoxy groups -OCH3 is 1. The first-order chi connectivity index (χ1) is 14.3. The van der Waals surface area contributed by atoms with Crippen molar-refractivity contribution in [3.8, 4) is 5.75 Å². The third-order valence-electron chi connectivity index (χ3n) is 6.12. The first kappa shape index (κ1) is 18.8. The molecule has 3 N–H and O–H groups in total. The topological polar surface area (TPSA) is 98.6 Å². The van der Waals surface area contributed by atoms with Gasteiger partial charge in [-0.05, 0) is 55.9 Å². The number of ether oxygens (including phenoxy) is 1. The van der Waals surface area contributed by atoms with Crippen LogP contribution in [0.3, 0.4) is 0 Å². The Bertz CT molecular complexity index is 1230. The SMILES string of the molecule is COc1cccc2c1nc(N)n1nc([C@H]3C[C@H](c4ccc(C(C)(C)O)cc4)C3)nc21. The lowest BCUT2D eigenvalue weighted by atomic mass is 9.71. The summed E-state index contributed by atoms with van der Waals surface area (Å²) in [7, 11) is 1.62. The Morgan fingerprint density at radius 1 is 1.07 bits per heavy atom. The molecule has 2 aromatic heterocycles. The zero-order valence-electron chi connectivity index (χ0n) is 17.3. The fourth-order valence-electron chi connectivity index (χ4n) is 4.24. The fourth-order valence-corrected chi connectivity index (χ4v) is 4.24. The van der Waals surface area contributed by atoms with E-state index in [1.54, 1.807) is 25.5 Å². The van der Waals surface area contributed by atoms with Crippen molar-refractivity contribution in [3.05, 3.63) is 59.4 Å². The van der Waals surface area contributed by atoms with Crippen molar-refractivity contribution < 1.29 is 9.84 Å². The zero-order chi connectivity index (χ0) is 21.0. The van der Waals surface area contributed by atoms with E-state index in [2.05, 4.69) is 22.2 Å². The second kappa shape index (κ2) is 6.67.